The van der Waals surface area contributed by atoms with Gasteiger partial charge >= 0.3 is 6.03 Å². The number of urea groups is 1. The van der Waals surface area contributed by atoms with E-state index in [1.165, 1.54) is 30.6 Å². The monoisotopic (exact) mass is 410 g/mol. The van der Waals surface area contributed by atoms with E-state index in [4.69, 9.17) is 4.99 Å². The van der Waals surface area contributed by atoms with E-state index in [-0.39, 0.29) is 5.91 Å². The van der Waals surface area contributed by atoms with Crippen molar-refractivity contribution < 1.29 is 9.59 Å². The van der Waals surface area contributed by atoms with Gasteiger partial charge in [0.2, 0.25) is 6.17 Å². The highest BCUT2D eigenvalue weighted by atomic mass is 32.1. The molecular weight excluding hydrogens is 384 g/mol. The van der Waals surface area contributed by atoms with Crippen molar-refractivity contribution >= 4 is 39.7 Å². The zero-order chi connectivity index (χ0) is 20.4. The predicted molar refractivity (Wildman–Crippen MR) is 118 cm³/mol. The number of nitrogens with zero attached hydrogens (tertiary/aromatic N) is 2. The Hall–Kier alpha value is -2.67. The number of rotatable bonds is 3. The standard InChI is InChI=1S/C22H26N4O2S/c1-14-7-6-10-16(13-14)23-22(28)25-19-20(27)26(2)21-17(11-12-29-21)18(24-19)15-8-4-3-5-9-15/h6-7,10-13,15,19H,3-5,8-9H2,1-2H3,(H2,23,25,28). The lowest BCUT2D eigenvalue weighted by atomic mass is 9.83. The Morgan fingerprint density at radius 1 is 1.21 bits per heavy atom. The Balaban J connectivity index is 1.60. The van der Waals surface area contributed by atoms with Crippen LogP contribution < -0.4 is 15.5 Å². The second-order valence-electron chi connectivity index (χ2n) is 7.76. The number of fused-ring (bicyclic) bond motifs is 1. The zero-order valence-electron chi connectivity index (χ0n) is 16.8. The largest absolute Gasteiger partial charge is 0.321 e. The van der Waals surface area contributed by atoms with Crippen molar-refractivity contribution in [3.8, 4) is 0 Å². The summed E-state index contributed by atoms with van der Waals surface area (Å²) in [5.74, 6) is 0.111. The molecule has 152 valence electrons. The third-order valence-electron chi connectivity index (χ3n) is 5.59. The number of amides is 3. The van der Waals surface area contributed by atoms with Gasteiger partial charge in [-0.3, -0.25) is 9.79 Å². The maximum Gasteiger partial charge on any atom is 0.321 e. The SMILES string of the molecule is Cc1cccc(NC(=O)NC2N=C(C3CCCCC3)c3ccsc3N(C)C2=O)c1. The first kappa shape index (κ1) is 19.6. The molecule has 29 heavy (non-hydrogen) atoms. The van der Waals surface area contributed by atoms with E-state index in [1.807, 2.05) is 42.6 Å². The molecule has 7 heteroatoms. The van der Waals surface area contributed by atoms with Crippen LogP contribution in [0.25, 0.3) is 0 Å². The van der Waals surface area contributed by atoms with Crippen LogP contribution in [0.1, 0.15) is 43.2 Å². The van der Waals surface area contributed by atoms with Gasteiger partial charge in [-0.25, -0.2) is 4.79 Å². The minimum absolute atomic E-state index is 0.223. The van der Waals surface area contributed by atoms with Gasteiger partial charge in [0.05, 0.1) is 5.71 Å². The number of aryl methyl sites for hydroxylation is 1. The number of likely N-dealkylation sites (N-methyl/N-ethyl adjacent to an activating group) is 1. The molecule has 6 nitrogen and oxygen atoms in total. The van der Waals surface area contributed by atoms with Crippen molar-refractivity contribution in [3.63, 3.8) is 0 Å². The van der Waals surface area contributed by atoms with Crippen molar-refractivity contribution in [2.45, 2.75) is 45.2 Å². The first-order valence-corrected chi connectivity index (χ1v) is 11.0. The van der Waals surface area contributed by atoms with E-state index in [0.29, 0.717) is 11.6 Å². The second kappa shape index (κ2) is 8.37. The summed E-state index contributed by atoms with van der Waals surface area (Å²) >= 11 is 1.54. The van der Waals surface area contributed by atoms with Crippen molar-refractivity contribution in [3.05, 3.63) is 46.8 Å². The molecule has 3 amide bonds. The molecule has 0 radical (unpaired) electrons. The third-order valence-corrected chi connectivity index (χ3v) is 6.58. The number of carbonyl (C=O) groups excluding carboxylic acids is 2. The molecule has 1 aromatic heterocycles. The van der Waals surface area contributed by atoms with Crippen molar-refractivity contribution in [2.75, 3.05) is 17.3 Å². The first-order valence-electron chi connectivity index (χ1n) is 10.1. The van der Waals surface area contributed by atoms with Crippen molar-refractivity contribution in [1.29, 1.82) is 0 Å². The molecule has 1 atom stereocenters. The Morgan fingerprint density at radius 2 is 2.00 bits per heavy atom. The molecule has 1 saturated carbocycles. The number of carbonyl (C=O) groups is 2. The van der Waals surface area contributed by atoms with E-state index < -0.39 is 12.2 Å². The molecule has 2 heterocycles. The molecule has 2 N–H and O–H groups in total. The van der Waals surface area contributed by atoms with Gasteiger partial charge in [-0.1, -0.05) is 31.4 Å². The van der Waals surface area contributed by atoms with Gasteiger partial charge in [0, 0.05) is 24.2 Å². The quantitative estimate of drug-likeness (QED) is 0.779. The van der Waals surface area contributed by atoms with Crippen LogP contribution in [0.2, 0.25) is 0 Å². The summed E-state index contributed by atoms with van der Waals surface area (Å²) in [7, 11) is 1.75. The van der Waals surface area contributed by atoms with Gasteiger partial charge in [-0.15, -0.1) is 11.3 Å². The Kier molecular flexibility index (Phi) is 5.67. The summed E-state index contributed by atoms with van der Waals surface area (Å²) in [4.78, 5) is 32.1. The Bertz CT molecular complexity index is 946. The number of thiophene rings is 1. The third kappa shape index (κ3) is 4.19. The van der Waals surface area contributed by atoms with Crippen LogP contribution in [0, 0.1) is 12.8 Å². The van der Waals surface area contributed by atoms with Crippen molar-refractivity contribution in [1.82, 2.24) is 5.32 Å². The minimum Gasteiger partial charge on any atom is -0.308 e. The fourth-order valence-electron chi connectivity index (χ4n) is 4.11. The lowest BCUT2D eigenvalue weighted by molar-refractivity contribution is -0.119. The number of anilines is 2. The van der Waals surface area contributed by atoms with Crippen LogP contribution >= 0.6 is 11.3 Å². The van der Waals surface area contributed by atoms with Crippen LogP contribution in [0.3, 0.4) is 0 Å². The van der Waals surface area contributed by atoms with E-state index in [2.05, 4.69) is 10.6 Å². The van der Waals surface area contributed by atoms with Gasteiger partial charge in [0.15, 0.2) is 0 Å². The summed E-state index contributed by atoms with van der Waals surface area (Å²) in [6, 6.07) is 9.17. The molecule has 0 spiro atoms. The smallest absolute Gasteiger partial charge is 0.308 e. The molecule has 4 rings (SSSR count). The van der Waals surface area contributed by atoms with E-state index in [1.54, 1.807) is 11.9 Å². The molecule has 1 aliphatic heterocycles. The highest BCUT2D eigenvalue weighted by molar-refractivity contribution is 7.14. The van der Waals surface area contributed by atoms with Crippen LogP contribution in [0.15, 0.2) is 40.7 Å². The maximum atomic E-state index is 13.1. The normalized spacial score (nSPS) is 19.9. The van der Waals surface area contributed by atoms with E-state index >= 15 is 0 Å². The molecule has 1 fully saturated rings. The number of hydrogen-bond donors (Lipinski definition) is 2. The zero-order valence-corrected chi connectivity index (χ0v) is 17.6. The van der Waals surface area contributed by atoms with Crippen LogP contribution in [-0.2, 0) is 4.79 Å². The lowest BCUT2D eigenvalue weighted by Gasteiger charge is -2.23. The number of aliphatic imine (C=N–C) groups is 1. The van der Waals surface area contributed by atoms with Crippen LogP contribution in [-0.4, -0.2) is 30.9 Å². The van der Waals surface area contributed by atoms with Crippen molar-refractivity contribution in [2.24, 2.45) is 10.9 Å². The molecule has 2 aromatic rings. The fraction of sp³-hybridized carbons (Fsp3) is 0.409. The molecule has 1 unspecified atom stereocenters. The fourth-order valence-corrected chi connectivity index (χ4v) is 4.99. The van der Waals surface area contributed by atoms with Gasteiger partial charge in [-0.05, 0) is 48.9 Å². The average molecular weight is 411 g/mol. The average Bonchev–Trinajstić information content (AvgIpc) is 3.17. The maximum absolute atomic E-state index is 13.1. The summed E-state index contributed by atoms with van der Waals surface area (Å²) in [6.07, 6.45) is 4.83. The van der Waals surface area contributed by atoms with Gasteiger partial charge < -0.3 is 15.5 Å². The van der Waals surface area contributed by atoms with Gasteiger partial charge in [-0.2, -0.15) is 0 Å². The highest BCUT2D eigenvalue weighted by Crippen LogP contribution is 2.36. The molecular formula is C22H26N4O2S. The number of hydrogen-bond acceptors (Lipinski definition) is 4. The minimum atomic E-state index is -0.929. The van der Waals surface area contributed by atoms with Gasteiger partial charge in [0.25, 0.3) is 5.91 Å². The van der Waals surface area contributed by atoms with E-state index in [9.17, 15) is 9.59 Å². The number of benzene rings is 1. The molecule has 0 saturated heterocycles. The first-order chi connectivity index (χ1) is 14.0. The Labute approximate surface area is 175 Å². The summed E-state index contributed by atoms with van der Waals surface area (Å²) in [6.45, 7) is 1.96. The molecule has 1 aliphatic carbocycles. The summed E-state index contributed by atoms with van der Waals surface area (Å²) < 4.78 is 0. The predicted octanol–water partition coefficient (Wildman–Crippen LogP) is 4.55. The summed E-state index contributed by atoms with van der Waals surface area (Å²) in [5.41, 5.74) is 3.73. The lowest BCUT2D eigenvalue weighted by Crippen LogP contribution is -2.47. The van der Waals surface area contributed by atoms with Crippen LogP contribution in [0.5, 0.6) is 0 Å². The Morgan fingerprint density at radius 3 is 2.76 bits per heavy atom. The number of nitrogens with one attached hydrogen (secondary N) is 2. The second-order valence-corrected chi connectivity index (χ2v) is 8.65. The van der Waals surface area contributed by atoms with Gasteiger partial charge in [0.1, 0.15) is 5.00 Å². The van der Waals surface area contributed by atoms with E-state index in [0.717, 1.165) is 34.7 Å². The summed E-state index contributed by atoms with van der Waals surface area (Å²) in [5, 5.41) is 8.49. The molecule has 2 aliphatic rings. The highest BCUT2D eigenvalue weighted by Gasteiger charge is 2.34. The molecule has 0 bridgehead atoms. The van der Waals surface area contributed by atoms with Crippen LogP contribution in [0.4, 0.5) is 15.5 Å². The topological polar surface area (TPSA) is 73.8 Å². The molecule has 1 aromatic carbocycles.